The molecule has 0 radical (unpaired) electrons. The van der Waals surface area contributed by atoms with Gasteiger partial charge >= 0.3 is 11.6 Å². The van der Waals surface area contributed by atoms with Crippen LogP contribution in [0.3, 0.4) is 0 Å². The Morgan fingerprint density at radius 1 is 1.27 bits per heavy atom. The van der Waals surface area contributed by atoms with Gasteiger partial charge in [-0.15, -0.1) is 0 Å². The molecule has 0 saturated carbocycles. The standard InChI is InChI=1S/C19H22N2O5/c1-11-6-14-13(8-18(23)26-16(14)7-12(11)2)10-21-5-4-20-19(24)15(21)9-17(22)25-3/h6-8,15H,4-5,9-10H2,1-3H3,(H,20,24)/t15-/m0/s1. The lowest BCUT2D eigenvalue weighted by molar-refractivity contribution is -0.146. The number of carbonyl (C=O) groups is 2. The van der Waals surface area contributed by atoms with Crippen molar-refractivity contribution < 1.29 is 18.7 Å². The van der Waals surface area contributed by atoms with Crippen LogP contribution < -0.4 is 10.9 Å². The number of ether oxygens (including phenoxy) is 1. The molecule has 2 heterocycles. The fraction of sp³-hybridized carbons (Fsp3) is 0.421. The molecule has 3 rings (SSSR count). The lowest BCUT2D eigenvalue weighted by atomic mass is 10.0. The Hall–Kier alpha value is -2.67. The van der Waals surface area contributed by atoms with Crippen LogP contribution in [-0.2, 0) is 20.9 Å². The van der Waals surface area contributed by atoms with Gasteiger partial charge in [0.1, 0.15) is 11.6 Å². The molecule has 1 aromatic carbocycles. The first-order valence-electron chi connectivity index (χ1n) is 8.51. The summed E-state index contributed by atoms with van der Waals surface area (Å²) >= 11 is 0. The van der Waals surface area contributed by atoms with Gasteiger partial charge in [-0.1, -0.05) is 0 Å². The molecule has 7 nitrogen and oxygen atoms in total. The SMILES string of the molecule is COC(=O)C[C@H]1C(=O)NCCN1Cc1cc(=O)oc2cc(C)c(C)cc12. The number of hydrogen-bond acceptors (Lipinski definition) is 6. The Kier molecular flexibility index (Phi) is 5.08. The zero-order valence-electron chi connectivity index (χ0n) is 15.1. The molecule has 1 amide bonds. The Morgan fingerprint density at radius 3 is 2.73 bits per heavy atom. The van der Waals surface area contributed by atoms with Gasteiger partial charge in [0, 0.05) is 31.1 Å². The number of benzene rings is 1. The van der Waals surface area contributed by atoms with Gasteiger partial charge < -0.3 is 14.5 Å². The van der Waals surface area contributed by atoms with E-state index in [4.69, 9.17) is 9.15 Å². The Labute approximate surface area is 150 Å². The van der Waals surface area contributed by atoms with E-state index in [-0.39, 0.29) is 12.3 Å². The summed E-state index contributed by atoms with van der Waals surface area (Å²) in [5.74, 6) is -0.651. The molecular weight excluding hydrogens is 336 g/mol. The van der Waals surface area contributed by atoms with Crippen LogP contribution in [0.4, 0.5) is 0 Å². The van der Waals surface area contributed by atoms with Crippen LogP contribution in [0.1, 0.15) is 23.1 Å². The zero-order valence-corrected chi connectivity index (χ0v) is 15.1. The molecule has 1 atom stereocenters. The maximum Gasteiger partial charge on any atom is 0.336 e. The predicted molar refractivity (Wildman–Crippen MR) is 95.8 cm³/mol. The van der Waals surface area contributed by atoms with Crippen molar-refractivity contribution in [3.05, 3.63) is 45.3 Å². The second-order valence-corrected chi connectivity index (χ2v) is 6.58. The highest BCUT2D eigenvalue weighted by Gasteiger charge is 2.32. The van der Waals surface area contributed by atoms with Crippen LogP contribution in [0.2, 0.25) is 0 Å². The molecule has 26 heavy (non-hydrogen) atoms. The summed E-state index contributed by atoms with van der Waals surface area (Å²) in [6.07, 6.45) is -0.0279. The highest BCUT2D eigenvalue weighted by atomic mass is 16.5. The lowest BCUT2D eigenvalue weighted by Crippen LogP contribution is -2.55. The van der Waals surface area contributed by atoms with Crippen molar-refractivity contribution in [3.63, 3.8) is 0 Å². The summed E-state index contributed by atoms with van der Waals surface area (Å²) in [6.45, 7) is 5.41. The number of piperazine rings is 1. The number of nitrogens with one attached hydrogen (secondary N) is 1. The maximum absolute atomic E-state index is 12.2. The molecule has 0 aliphatic carbocycles. The number of hydrogen-bond donors (Lipinski definition) is 1. The number of esters is 1. The maximum atomic E-state index is 12.2. The van der Waals surface area contributed by atoms with Gasteiger partial charge in [0.05, 0.1) is 13.5 Å². The number of aryl methyl sites for hydroxylation is 2. The molecule has 1 aromatic heterocycles. The van der Waals surface area contributed by atoms with Gasteiger partial charge in [0.2, 0.25) is 5.91 Å². The summed E-state index contributed by atoms with van der Waals surface area (Å²) in [5.41, 5.74) is 3.01. The van der Waals surface area contributed by atoms with E-state index in [1.165, 1.54) is 13.2 Å². The minimum Gasteiger partial charge on any atom is -0.469 e. The first kappa shape index (κ1) is 18.1. The molecule has 138 valence electrons. The highest BCUT2D eigenvalue weighted by Crippen LogP contribution is 2.24. The van der Waals surface area contributed by atoms with Gasteiger partial charge in [-0.05, 0) is 42.7 Å². The number of methoxy groups -OCH3 is 1. The molecule has 1 aliphatic heterocycles. The third kappa shape index (κ3) is 3.62. The third-order valence-electron chi connectivity index (χ3n) is 4.85. The average molecular weight is 358 g/mol. The van der Waals surface area contributed by atoms with Crippen LogP contribution in [0.25, 0.3) is 11.0 Å². The van der Waals surface area contributed by atoms with E-state index in [2.05, 4.69) is 5.32 Å². The van der Waals surface area contributed by atoms with Crippen molar-refractivity contribution in [2.45, 2.75) is 32.9 Å². The fourth-order valence-electron chi connectivity index (χ4n) is 3.25. The van der Waals surface area contributed by atoms with E-state index < -0.39 is 17.6 Å². The van der Waals surface area contributed by atoms with Gasteiger partial charge in [0.15, 0.2) is 0 Å². The number of amides is 1. The fourth-order valence-corrected chi connectivity index (χ4v) is 3.25. The predicted octanol–water partition coefficient (Wildman–Crippen LogP) is 1.27. The monoisotopic (exact) mass is 358 g/mol. The number of carbonyl (C=O) groups excluding carboxylic acids is 2. The zero-order chi connectivity index (χ0) is 18.8. The quantitative estimate of drug-likeness (QED) is 0.654. The van der Waals surface area contributed by atoms with Crippen molar-refractivity contribution in [3.8, 4) is 0 Å². The first-order valence-corrected chi connectivity index (χ1v) is 8.51. The molecule has 1 fully saturated rings. The second kappa shape index (κ2) is 7.29. The van der Waals surface area contributed by atoms with E-state index in [0.717, 1.165) is 22.1 Å². The van der Waals surface area contributed by atoms with Gasteiger partial charge in [-0.25, -0.2) is 4.79 Å². The van der Waals surface area contributed by atoms with Crippen molar-refractivity contribution in [1.29, 1.82) is 0 Å². The van der Waals surface area contributed by atoms with Crippen LogP contribution in [0.5, 0.6) is 0 Å². The Morgan fingerprint density at radius 2 is 2.00 bits per heavy atom. The van der Waals surface area contributed by atoms with E-state index in [0.29, 0.717) is 25.2 Å². The smallest absolute Gasteiger partial charge is 0.336 e. The topological polar surface area (TPSA) is 88.9 Å². The van der Waals surface area contributed by atoms with Gasteiger partial charge in [0.25, 0.3) is 0 Å². The van der Waals surface area contributed by atoms with Crippen molar-refractivity contribution in [2.24, 2.45) is 0 Å². The summed E-state index contributed by atoms with van der Waals surface area (Å²) < 4.78 is 10.0. The van der Waals surface area contributed by atoms with E-state index in [1.807, 2.05) is 30.9 Å². The molecule has 0 unspecified atom stereocenters. The van der Waals surface area contributed by atoms with Gasteiger partial charge in [-0.3, -0.25) is 14.5 Å². The minimum absolute atomic E-state index is 0.0279. The molecule has 1 saturated heterocycles. The van der Waals surface area contributed by atoms with Gasteiger partial charge in [-0.2, -0.15) is 0 Å². The molecule has 7 heteroatoms. The summed E-state index contributed by atoms with van der Waals surface area (Å²) in [6, 6.07) is 4.68. The van der Waals surface area contributed by atoms with E-state index >= 15 is 0 Å². The largest absolute Gasteiger partial charge is 0.469 e. The van der Waals surface area contributed by atoms with E-state index in [9.17, 15) is 14.4 Å². The van der Waals surface area contributed by atoms with Crippen LogP contribution in [0, 0.1) is 13.8 Å². The summed E-state index contributed by atoms with van der Waals surface area (Å²) in [7, 11) is 1.30. The number of nitrogens with zero attached hydrogens (tertiary/aromatic N) is 1. The lowest BCUT2D eigenvalue weighted by Gasteiger charge is -2.34. The molecule has 1 N–H and O–H groups in total. The average Bonchev–Trinajstić information content (AvgIpc) is 2.59. The van der Waals surface area contributed by atoms with Crippen LogP contribution >= 0.6 is 0 Å². The van der Waals surface area contributed by atoms with Crippen molar-refractivity contribution in [2.75, 3.05) is 20.2 Å². The second-order valence-electron chi connectivity index (χ2n) is 6.58. The number of fused-ring (bicyclic) bond motifs is 1. The summed E-state index contributed by atoms with van der Waals surface area (Å²) in [4.78, 5) is 37.8. The Balaban J connectivity index is 1.98. The van der Waals surface area contributed by atoms with Crippen LogP contribution in [0.15, 0.2) is 27.4 Å². The molecule has 2 aromatic rings. The molecule has 1 aliphatic rings. The van der Waals surface area contributed by atoms with E-state index in [1.54, 1.807) is 0 Å². The highest BCUT2D eigenvalue weighted by molar-refractivity contribution is 5.87. The minimum atomic E-state index is -0.620. The third-order valence-corrected chi connectivity index (χ3v) is 4.85. The molecule has 0 spiro atoms. The number of rotatable bonds is 4. The Bertz CT molecular complexity index is 918. The van der Waals surface area contributed by atoms with Crippen molar-refractivity contribution in [1.82, 2.24) is 10.2 Å². The molecular formula is C19H22N2O5. The first-order chi connectivity index (χ1) is 12.4. The summed E-state index contributed by atoms with van der Waals surface area (Å²) in [5, 5.41) is 3.62. The van der Waals surface area contributed by atoms with Crippen molar-refractivity contribution >= 4 is 22.8 Å². The van der Waals surface area contributed by atoms with Crippen LogP contribution in [-0.4, -0.2) is 43.0 Å². The normalized spacial score (nSPS) is 18.0. The molecule has 0 bridgehead atoms.